The van der Waals surface area contributed by atoms with Crippen molar-refractivity contribution in [3.05, 3.63) is 35.4 Å². The fourth-order valence-corrected chi connectivity index (χ4v) is 1.12. The van der Waals surface area contributed by atoms with Crippen molar-refractivity contribution in [3.8, 4) is 11.8 Å². The molecule has 0 aromatic heterocycles. The molecule has 0 aliphatic heterocycles. The standard InChI is InChI=1S/C11H9BrO/c12-8-4-3-6-10-5-1-2-7-11(10)9-13/h1-2,5,7,9H,4,8H2. The molecule has 66 valence electrons. The van der Waals surface area contributed by atoms with Crippen LogP contribution in [0.2, 0.25) is 0 Å². The summed E-state index contributed by atoms with van der Waals surface area (Å²) in [4.78, 5) is 10.6. The van der Waals surface area contributed by atoms with Crippen LogP contribution in [0.1, 0.15) is 22.3 Å². The number of benzene rings is 1. The monoisotopic (exact) mass is 236 g/mol. The smallest absolute Gasteiger partial charge is 0.151 e. The molecule has 0 amide bonds. The molecule has 0 aliphatic rings. The number of hydrogen-bond acceptors (Lipinski definition) is 1. The summed E-state index contributed by atoms with van der Waals surface area (Å²) in [7, 11) is 0. The molecular weight excluding hydrogens is 228 g/mol. The van der Waals surface area contributed by atoms with Gasteiger partial charge in [-0.2, -0.15) is 0 Å². The number of rotatable bonds is 2. The summed E-state index contributed by atoms with van der Waals surface area (Å²) in [6.45, 7) is 0. The van der Waals surface area contributed by atoms with E-state index in [0.717, 1.165) is 23.6 Å². The third-order valence-electron chi connectivity index (χ3n) is 1.53. The molecule has 1 aromatic rings. The average molecular weight is 237 g/mol. The number of aldehydes is 1. The highest BCUT2D eigenvalue weighted by Crippen LogP contribution is 2.03. The van der Waals surface area contributed by atoms with Crippen LogP contribution in [0.4, 0.5) is 0 Å². The van der Waals surface area contributed by atoms with E-state index in [1.54, 1.807) is 6.07 Å². The molecule has 1 nitrogen and oxygen atoms in total. The molecular formula is C11H9BrO. The van der Waals surface area contributed by atoms with E-state index in [1.165, 1.54) is 0 Å². The van der Waals surface area contributed by atoms with E-state index in [4.69, 9.17) is 0 Å². The normalized spacial score (nSPS) is 8.69. The number of hydrogen-bond donors (Lipinski definition) is 0. The van der Waals surface area contributed by atoms with Gasteiger partial charge in [0.15, 0.2) is 6.29 Å². The van der Waals surface area contributed by atoms with E-state index in [2.05, 4.69) is 27.8 Å². The molecule has 0 aliphatic carbocycles. The first-order valence-electron chi connectivity index (χ1n) is 3.97. The molecule has 0 N–H and O–H groups in total. The zero-order valence-electron chi connectivity index (χ0n) is 7.09. The van der Waals surface area contributed by atoms with Crippen molar-refractivity contribution in [2.45, 2.75) is 6.42 Å². The van der Waals surface area contributed by atoms with Gasteiger partial charge in [-0.3, -0.25) is 4.79 Å². The van der Waals surface area contributed by atoms with Gasteiger partial charge in [0.2, 0.25) is 0 Å². The number of alkyl halides is 1. The Labute approximate surface area is 86.3 Å². The second kappa shape index (κ2) is 5.55. The van der Waals surface area contributed by atoms with Gasteiger partial charge in [0, 0.05) is 22.9 Å². The van der Waals surface area contributed by atoms with Crippen LogP contribution in [0.3, 0.4) is 0 Å². The van der Waals surface area contributed by atoms with Gasteiger partial charge in [-0.1, -0.05) is 46.0 Å². The summed E-state index contributed by atoms with van der Waals surface area (Å²) in [5.41, 5.74) is 1.46. The van der Waals surface area contributed by atoms with E-state index >= 15 is 0 Å². The van der Waals surface area contributed by atoms with Gasteiger partial charge in [-0.25, -0.2) is 0 Å². The SMILES string of the molecule is O=Cc1ccccc1C#CCCBr. The highest BCUT2D eigenvalue weighted by molar-refractivity contribution is 9.09. The maximum Gasteiger partial charge on any atom is 0.151 e. The minimum absolute atomic E-state index is 0.657. The Morgan fingerprint density at radius 2 is 2.15 bits per heavy atom. The predicted octanol–water partition coefficient (Wildman–Crippen LogP) is 2.64. The van der Waals surface area contributed by atoms with Crippen molar-refractivity contribution in [3.63, 3.8) is 0 Å². The van der Waals surface area contributed by atoms with E-state index in [9.17, 15) is 4.79 Å². The third kappa shape index (κ3) is 3.04. The van der Waals surface area contributed by atoms with Crippen LogP contribution in [0.5, 0.6) is 0 Å². The van der Waals surface area contributed by atoms with Crippen LogP contribution >= 0.6 is 15.9 Å². The highest BCUT2D eigenvalue weighted by atomic mass is 79.9. The van der Waals surface area contributed by atoms with Crippen molar-refractivity contribution < 1.29 is 4.79 Å². The van der Waals surface area contributed by atoms with Gasteiger partial charge < -0.3 is 0 Å². The summed E-state index contributed by atoms with van der Waals surface area (Å²) in [5, 5.41) is 0.864. The highest BCUT2D eigenvalue weighted by Gasteiger charge is 1.94. The molecule has 0 saturated heterocycles. The van der Waals surface area contributed by atoms with Gasteiger partial charge in [0.25, 0.3) is 0 Å². The van der Waals surface area contributed by atoms with Crippen LogP contribution in [-0.4, -0.2) is 11.6 Å². The van der Waals surface area contributed by atoms with E-state index in [1.807, 2.05) is 18.2 Å². The van der Waals surface area contributed by atoms with Crippen LogP contribution in [0, 0.1) is 11.8 Å². The zero-order valence-corrected chi connectivity index (χ0v) is 8.67. The van der Waals surface area contributed by atoms with Crippen LogP contribution < -0.4 is 0 Å². The Hall–Kier alpha value is -1.07. The molecule has 1 aromatic carbocycles. The summed E-state index contributed by atoms with van der Waals surface area (Å²) < 4.78 is 0. The van der Waals surface area contributed by atoms with Crippen molar-refractivity contribution in [1.29, 1.82) is 0 Å². The lowest BCUT2D eigenvalue weighted by atomic mass is 10.1. The summed E-state index contributed by atoms with van der Waals surface area (Å²) in [5.74, 6) is 5.92. The largest absolute Gasteiger partial charge is 0.298 e. The second-order valence-corrected chi connectivity index (χ2v) is 3.24. The molecule has 0 bridgehead atoms. The van der Waals surface area contributed by atoms with E-state index in [-0.39, 0.29) is 0 Å². The molecule has 2 heteroatoms. The first-order valence-corrected chi connectivity index (χ1v) is 5.09. The average Bonchev–Trinajstić information content (AvgIpc) is 2.19. The molecule has 0 heterocycles. The Kier molecular flexibility index (Phi) is 4.28. The Morgan fingerprint density at radius 1 is 1.38 bits per heavy atom. The molecule has 0 atom stereocenters. The predicted molar refractivity (Wildman–Crippen MR) is 57.1 cm³/mol. The number of carbonyl (C=O) groups is 1. The number of carbonyl (C=O) groups excluding carboxylic acids is 1. The molecule has 1 rings (SSSR count). The topological polar surface area (TPSA) is 17.1 Å². The fraction of sp³-hybridized carbons (Fsp3) is 0.182. The second-order valence-electron chi connectivity index (χ2n) is 2.45. The Balaban J connectivity index is 2.88. The lowest BCUT2D eigenvalue weighted by Gasteiger charge is -1.93. The van der Waals surface area contributed by atoms with Crippen LogP contribution in [0.15, 0.2) is 24.3 Å². The minimum atomic E-state index is 0.657. The van der Waals surface area contributed by atoms with Crippen LogP contribution in [-0.2, 0) is 0 Å². The first-order chi connectivity index (χ1) is 6.38. The molecule has 0 radical (unpaired) electrons. The minimum Gasteiger partial charge on any atom is -0.298 e. The van der Waals surface area contributed by atoms with E-state index < -0.39 is 0 Å². The van der Waals surface area contributed by atoms with E-state index in [0.29, 0.717) is 5.56 Å². The maximum absolute atomic E-state index is 10.6. The summed E-state index contributed by atoms with van der Waals surface area (Å²) in [6, 6.07) is 7.33. The third-order valence-corrected chi connectivity index (χ3v) is 1.93. The summed E-state index contributed by atoms with van der Waals surface area (Å²) >= 11 is 3.29. The molecule has 0 spiro atoms. The maximum atomic E-state index is 10.6. The first kappa shape index (κ1) is 10.0. The van der Waals surface area contributed by atoms with Gasteiger partial charge in [-0.05, 0) is 6.07 Å². The van der Waals surface area contributed by atoms with Gasteiger partial charge >= 0.3 is 0 Å². The van der Waals surface area contributed by atoms with Crippen molar-refractivity contribution in [2.75, 3.05) is 5.33 Å². The van der Waals surface area contributed by atoms with Gasteiger partial charge in [-0.15, -0.1) is 0 Å². The Bertz CT molecular complexity index is 347. The summed E-state index contributed by atoms with van der Waals surface area (Å²) in [6.07, 6.45) is 1.63. The lowest BCUT2D eigenvalue weighted by molar-refractivity contribution is 0.112. The molecule has 0 saturated carbocycles. The molecule has 0 unspecified atom stereocenters. The fourth-order valence-electron chi connectivity index (χ4n) is 0.919. The molecule has 0 fully saturated rings. The van der Waals surface area contributed by atoms with Gasteiger partial charge in [0.05, 0.1) is 0 Å². The zero-order chi connectivity index (χ0) is 9.52. The van der Waals surface area contributed by atoms with Crippen molar-refractivity contribution in [2.24, 2.45) is 0 Å². The van der Waals surface area contributed by atoms with Crippen molar-refractivity contribution in [1.82, 2.24) is 0 Å². The number of halogens is 1. The molecule has 13 heavy (non-hydrogen) atoms. The quantitative estimate of drug-likeness (QED) is 0.439. The lowest BCUT2D eigenvalue weighted by Crippen LogP contribution is -1.85. The van der Waals surface area contributed by atoms with Crippen LogP contribution in [0.25, 0.3) is 0 Å². The van der Waals surface area contributed by atoms with Gasteiger partial charge in [0.1, 0.15) is 0 Å². The van der Waals surface area contributed by atoms with Crippen molar-refractivity contribution >= 4 is 22.2 Å². The Morgan fingerprint density at radius 3 is 2.85 bits per heavy atom.